The molecule has 0 radical (unpaired) electrons. The van der Waals surface area contributed by atoms with Gasteiger partial charge in [0.15, 0.2) is 0 Å². The van der Waals surface area contributed by atoms with E-state index in [0.29, 0.717) is 38.1 Å². The third-order valence-electron chi connectivity index (χ3n) is 4.72. The predicted molar refractivity (Wildman–Crippen MR) is 89.2 cm³/mol. The van der Waals surface area contributed by atoms with E-state index in [2.05, 4.69) is 48.5 Å². The third-order valence-corrected chi connectivity index (χ3v) is 4.72. The topological polar surface area (TPSA) is 47.3 Å². The van der Waals surface area contributed by atoms with Crippen molar-refractivity contribution in [2.24, 2.45) is 5.41 Å². The fourth-order valence-electron chi connectivity index (χ4n) is 2.87. The Morgan fingerprint density at radius 1 is 1.36 bits per heavy atom. The normalized spacial score (nSPS) is 25.6. The average molecular weight is 303 g/mol. The van der Waals surface area contributed by atoms with E-state index in [1.54, 1.807) is 0 Å². The van der Waals surface area contributed by atoms with Crippen LogP contribution in [0, 0.1) is 28.6 Å². The van der Waals surface area contributed by atoms with Crippen LogP contribution in [0.1, 0.15) is 47.0 Å². The Labute approximate surface area is 135 Å². The van der Waals surface area contributed by atoms with Crippen LogP contribution in [0.25, 0.3) is 0 Å². The molecule has 0 bridgehead atoms. The SMILES string of the molecule is CCN(CC)CC#CCN1C[C@](C)(CCC#N)C(=O)C[C@@H]1C. The molecule has 0 aromatic rings. The number of carbonyl (C=O) groups is 1. The summed E-state index contributed by atoms with van der Waals surface area (Å²) < 4.78 is 0. The van der Waals surface area contributed by atoms with Crippen molar-refractivity contribution < 1.29 is 4.79 Å². The summed E-state index contributed by atoms with van der Waals surface area (Å²) in [4.78, 5) is 16.9. The molecule has 0 aliphatic carbocycles. The molecule has 1 heterocycles. The summed E-state index contributed by atoms with van der Waals surface area (Å²) in [5.41, 5.74) is -0.386. The second-order valence-electron chi connectivity index (χ2n) is 6.42. The lowest BCUT2D eigenvalue weighted by molar-refractivity contribution is -0.135. The number of likely N-dealkylation sites (tertiary alicyclic amines) is 1. The first kappa shape index (κ1) is 18.7. The van der Waals surface area contributed by atoms with Crippen LogP contribution in [0.2, 0.25) is 0 Å². The standard InChI is InChI=1S/C18H29N3O/c1-5-20(6-2)12-7-8-13-21-15-18(4,10-9-11-19)17(22)14-16(21)3/h16H,5-6,9-10,12-15H2,1-4H3/t16-,18-/m0/s1. The zero-order valence-corrected chi connectivity index (χ0v) is 14.5. The van der Waals surface area contributed by atoms with Gasteiger partial charge in [0.1, 0.15) is 5.78 Å². The quantitative estimate of drug-likeness (QED) is 0.707. The maximum Gasteiger partial charge on any atom is 0.141 e. The number of hydrogen-bond acceptors (Lipinski definition) is 4. The molecule has 4 nitrogen and oxygen atoms in total. The summed E-state index contributed by atoms with van der Waals surface area (Å²) in [6, 6.07) is 2.40. The fraction of sp³-hybridized carbons (Fsp3) is 0.778. The van der Waals surface area contributed by atoms with Gasteiger partial charge >= 0.3 is 0 Å². The number of nitriles is 1. The summed E-state index contributed by atoms with van der Waals surface area (Å²) in [5, 5.41) is 8.79. The molecule has 0 spiro atoms. The molecule has 2 atom stereocenters. The van der Waals surface area contributed by atoms with E-state index in [9.17, 15) is 4.79 Å². The Bertz CT molecular complexity index is 467. The molecule has 0 saturated carbocycles. The van der Waals surface area contributed by atoms with E-state index < -0.39 is 0 Å². The molecule has 1 aliphatic heterocycles. The molecule has 1 fully saturated rings. The second kappa shape index (κ2) is 8.93. The lowest BCUT2D eigenvalue weighted by Crippen LogP contribution is -2.52. The van der Waals surface area contributed by atoms with E-state index in [1.807, 2.05) is 6.92 Å². The smallest absolute Gasteiger partial charge is 0.141 e. The molecule has 0 unspecified atom stereocenters. The van der Waals surface area contributed by atoms with Gasteiger partial charge in [0.05, 0.1) is 19.2 Å². The average Bonchev–Trinajstić information content (AvgIpc) is 2.50. The van der Waals surface area contributed by atoms with Crippen molar-refractivity contribution in [2.45, 2.75) is 53.0 Å². The summed E-state index contributed by atoms with van der Waals surface area (Å²) >= 11 is 0. The van der Waals surface area contributed by atoms with E-state index in [0.717, 1.165) is 19.6 Å². The summed E-state index contributed by atoms with van der Waals surface area (Å²) in [6.07, 6.45) is 1.66. The Morgan fingerprint density at radius 3 is 2.64 bits per heavy atom. The van der Waals surface area contributed by atoms with E-state index >= 15 is 0 Å². The van der Waals surface area contributed by atoms with Crippen LogP contribution in [0.3, 0.4) is 0 Å². The van der Waals surface area contributed by atoms with Crippen molar-refractivity contribution in [3.05, 3.63) is 0 Å². The van der Waals surface area contributed by atoms with Crippen LogP contribution < -0.4 is 0 Å². The third kappa shape index (κ3) is 5.13. The molecule has 0 aromatic carbocycles. The molecule has 1 rings (SSSR count). The van der Waals surface area contributed by atoms with Gasteiger partial charge in [0.2, 0.25) is 0 Å². The number of Topliss-reactive ketones (excluding diaryl/α,β-unsaturated/α-hetero) is 1. The zero-order valence-electron chi connectivity index (χ0n) is 14.5. The minimum atomic E-state index is -0.386. The summed E-state index contributed by atoms with van der Waals surface area (Å²) in [6.45, 7) is 12.6. The van der Waals surface area contributed by atoms with Gasteiger partial charge in [-0.25, -0.2) is 0 Å². The van der Waals surface area contributed by atoms with Gasteiger partial charge in [-0.1, -0.05) is 32.6 Å². The van der Waals surface area contributed by atoms with Crippen LogP contribution >= 0.6 is 0 Å². The number of carbonyl (C=O) groups excluding carboxylic acids is 1. The van der Waals surface area contributed by atoms with Gasteiger partial charge in [-0.2, -0.15) is 5.26 Å². The lowest BCUT2D eigenvalue weighted by atomic mass is 9.75. The molecular weight excluding hydrogens is 274 g/mol. The number of piperidine rings is 1. The monoisotopic (exact) mass is 303 g/mol. The van der Waals surface area contributed by atoms with Gasteiger partial charge in [-0.15, -0.1) is 0 Å². The molecule has 0 amide bonds. The highest BCUT2D eigenvalue weighted by Crippen LogP contribution is 2.33. The molecule has 1 aliphatic rings. The van der Waals surface area contributed by atoms with Gasteiger partial charge in [-0.05, 0) is 26.4 Å². The molecule has 1 saturated heterocycles. The maximum atomic E-state index is 12.3. The number of ketones is 1. The first-order valence-corrected chi connectivity index (χ1v) is 8.29. The Kier molecular flexibility index (Phi) is 7.59. The van der Waals surface area contributed by atoms with Crippen molar-refractivity contribution in [3.63, 3.8) is 0 Å². The van der Waals surface area contributed by atoms with Crippen molar-refractivity contribution in [1.82, 2.24) is 9.80 Å². The number of hydrogen-bond donors (Lipinski definition) is 0. The van der Waals surface area contributed by atoms with Gasteiger partial charge in [-0.3, -0.25) is 14.6 Å². The highest BCUT2D eigenvalue weighted by molar-refractivity contribution is 5.86. The highest BCUT2D eigenvalue weighted by Gasteiger charge is 2.40. The van der Waals surface area contributed by atoms with Crippen molar-refractivity contribution >= 4 is 5.78 Å². The predicted octanol–water partition coefficient (Wildman–Crippen LogP) is 2.30. The van der Waals surface area contributed by atoms with E-state index in [-0.39, 0.29) is 11.5 Å². The summed E-state index contributed by atoms with van der Waals surface area (Å²) in [5.74, 6) is 6.78. The molecular formula is C18H29N3O. The number of rotatable bonds is 6. The van der Waals surface area contributed by atoms with Gasteiger partial charge in [0.25, 0.3) is 0 Å². The van der Waals surface area contributed by atoms with Crippen LogP contribution in [-0.2, 0) is 4.79 Å². The Hall–Kier alpha value is -1.36. The minimum Gasteiger partial charge on any atom is -0.299 e. The van der Waals surface area contributed by atoms with Crippen molar-refractivity contribution in [3.8, 4) is 17.9 Å². The Morgan fingerprint density at radius 2 is 2.05 bits per heavy atom. The van der Waals surface area contributed by atoms with Crippen LogP contribution in [0.15, 0.2) is 0 Å². The van der Waals surface area contributed by atoms with Crippen molar-refractivity contribution in [2.75, 3.05) is 32.7 Å². The lowest BCUT2D eigenvalue weighted by Gasteiger charge is -2.42. The zero-order chi connectivity index (χ0) is 16.6. The minimum absolute atomic E-state index is 0.241. The highest BCUT2D eigenvalue weighted by atomic mass is 16.1. The largest absolute Gasteiger partial charge is 0.299 e. The van der Waals surface area contributed by atoms with E-state index in [1.165, 1.54) is 0 Å². The van der Waals surface area contributed by atoms with Crippen LogP contribution in [-0.4, -0.2) is 54.3 Å². The molecule has 4 heteroatoms. The van der Waals surface area contributed by atoms with Gasteiger partial charge < -0.3 is 0 Å². The Balaban J connectivity index is 2.61. The van der Waals surface area contributed by atoms with Crippen LogP contribution in [0.4, 0.5) is 0 Å². The van der Waals surface area contributed by atoms with Crippen LogP contribution in [0.5, 0.6) is 0 Å². The second-order valence-corrected chi connectivity index (χ2v) is 6.42. The molecule has 0 aromatic heterocycles. The first-order chi connectivity index (χ1) is 10.5. The summed E-state index contributed by atoms with van der Waals surface area (Å²) in [7, 11) is 0. The number of nitrogens with zero attached hydrogens (tertiary/aromatic N) is 3. The first-order valence-electron chi connectivity index (χ1n) is 8.29. The fourth-order valence-corrected chi connectivity index (χ4v) is 2.87. The van der Waals surface area contributed by atoms with Crippen molar-refractivity contribution in [1.29, 1.82) is 5.26 Å². The maximum absolute atomic E-state index is 12.3. The molecule has 122 valence electrons. The van der Waals surface area contributed by atoms with E-state index in [4.69, 9.17) is 5.26 Å². The molecule has 22 heavy (non-hydrogen) atoms. The van der Waals surface area contributed by atoms with Gasteiger partial charge in [0, 0.05) is 30.8 Å². The molecule has 0 N–H and O–H groups in total.